The number of hydrogen-bond acceptors (Lipinski definition) is 3. The molecule has 2 N–H and O–H groups in total. The Morgan fingerprint density at radius 3 is 2.90 bits per heavy atom. The van der Waals surface area contributed by atoms with Crippen LogP contribution in [0, 0.1) is 11.8 Å². The van der Waals surface area contributed by atoms with Crippen molar-refractivity contribution in [3.05, 3.63) is 0 Å². The maximum absolute atomic E-state index is 12.4. The van der Waals surface area contributed by atoms with Crippen LogP contribution in [0.15, 0.2) is 0 Å². The summed E-state index contributed by atoms with van der Waals surface area (Å²) in [4.78, 5) is 25.9. The minimum atomic E-state index is 0.135. The van der Waals surface area contributed by atoms with Gasteiger partial charge in [-0.2, -0.15) is 0 Å². The maximum Gasteiger partial charge on any atom is 0.227 e. The van der Waals surface area contributed by atoms with Crippen molar-refractivity contribution in [1.29, 1.82) is 0 Å². The van der Waals surface area contributed by atoms with E-state index in [2.05, 4.69) is 10.6 Å². The molecule has 0 aromatic rings. The molecule has 0 aromatic carbocycles. The van der Waals surface area contributed by atoms with Gasteiger partial charge < -0.3 is 15.5 Å². The van der Waals surface area contributed by atoms with Crippen molar-refractivity contribution in [3.8, 4) is 0 Å². The van der Waals surface area contributed by atoms with E-state index in [9.17, 15) is 9.59 Å². The van der Waals surface area contributed by atoms with Crippen molar-refractivity contribution in [3.63, 3.8) is 0 Å². The number of amides is 2. The summed E-state index contributed by atoms with van der Waals surface area (Å²) in [5, 5.41) is 6.25. The molecule has 5 nitrogen and oxygen atoms in total. The Balaban J connectivity index is 1.76. The molecule has 2 atom stereocenters. The zero-order chi connectivity index (χ0) is 14.4. The lowest BCUT2D eigenvalue weighted by molar-refractivity contribution is -0.136. The molecular weight excluding hydrogens is 254 g/mol. The zero-order valence-electron chi connectivity index (χ0n) is 12.5. The Hall–Kier alpha value is -1.10. The molecule has 2 unspecified atom stereocenters. The molecule has 0 bridgehead atoms. The fourth-order valence-corrected chi connectivity index (χ4v) is 3.13. The molecule has 2 rings (SSSR count). The van der Waals surface area contributed by atoms with Gasteiger partial charge in [0.05, 0.1) is 5.92 Å². The number of nitrogens with zero attached hydrogens (tertiary/aromatic N) is 1. The molecule has 2 fully saturated rings. The second-order valence-electron chi connectivity index (χ2n) is 6.04. The molecule has 2 heterocycles. The van der Waals surface area contributed by atoms with Crippen LogP contribution in [0.25, 0.3) is 0 Å². The van der Waals surface area contributed by atoms with Crippen LogP contribution in [0.5, 0.6) is 0 Å². The maximum atomic E-state index is 12.4. The van der Waals surface area contributed by atoms with Crippen molar-refractivity contribution in [2.75, 3.05) is 32.7 Å². The summed E-state index contributed by atoms with van der Waals surface area (Å²) in [6, 6.07) is 0. The third-order valence-corrected chi connectivity index (χ3v) is 4.31. The third kappa shape index (κ3) is 4.20. The van der Waals surface area contributed by atoms with Gasteiger partial charge in [0.1, 0.15) is 0 Å². The molecule has 5 heteroatoms. The first-order valence-corrected chi connectivity index (χ1v) is 7.97. The quantitative estimate of drug-likeness (QED) is 0.782. The minimum absolute atomic E-state index is 0.135. The van der Waals surface area contributed by atoms with Gasteiger partial charge in [0, 0.05) is 32.6 Å². The Labute approximate surface area is 121 Å². The lowest BCUT2D eigenvalue weighted by Crippen LogP contribution is -2.46. The highest BCUT2D eigenvalue weighted by Crippen LogP contribution is 2.20. The third-order valence-electron chi connectivity index (χ3n) is 4.31. The van der Waals surface area contributed by atoms with Crippen LogP contribution < -0.4 is 10.6 Å². The van der Waals surface area contributed by atoms with Crippen molar-refractivity contribution in [2.24, 2.45) is 11.8 Å². The second kappa shape index (κ2) is 7.62. The van der Waals surface area contributed by atoms with Crippen LogP contribution in [0.3, 0.4) is 0 Å². The highest BCUT2D eigenvalue weighted by atomic mass is 16.2. The van der Waals surface area contributed by atoms with Crippen molar-refractivity contribution < 1.29 is 9.59 Å². The van der Waals surface area contributed by atoms with E-state index < -0.39 is 0 Å². The van der Waals surface area contributed by atoms with Crippen LogP contribution in [-0.2, 0) is 9.59 Å². The monoisotopic (exact) mass is 281 g/mol. The highest BCUT2D eigenvalue weighted by Gasteiger charge is 2.30. The van der Waals surface area contributed by atoms with Gasteiger partial charge in [-0.25, -0.2) is 0 Å². The van der Waals surface area contributed by atoms with Gasteiger partial charge in [-0.05, 0) is 38.1 Å². The van der Waals surface area contributed by atoms with E-state index in [-0.39, 0.29) is 11.8 Å². The average molecular weight is 281 g/mol. The number of piperidine rings is 1. The van der Waals surface area contributed by atoms with Crippen molar-refractivity contribution in [2.45, 2.75) is 39.0 Å². The molecule has 2 aliphatic rings. The number of rotatable bonds is 5. The van der Waals surface area contributed by atoms with Gasteiger partial charge in [0.25, 0.3) is 0 Å². The number of hydrogen-bond donors (Lipinski definition) is 2. The zero-order valence-corrected chi connectivity index (χ0v) is 12.5. The lowest BCUT2D eigenvalue weighted by atomic mass is 9.96. The Bertz CT molecular complexity index is 340. The van der Waals surface area contributed by atoms with Crippen molar-refractivity contribution in [1.82, 2.24) is 15.5 Å². The smallest absolute Gasteiger partial charge is 0.227 e. The summed E-state index contributed by atoms with van der Waals surface area (Å²) in [6.07, 6.45) is 4.62. The molecule has 0 spiro atoms. The summed E-state index contributed by atoms with van der Waals surface area (Å²) in [5.41, 5.74) is 0. The van der Waals surface area contributed by atoms with Crippen molar-refractivity contribution >= 4 is 11.8 Å². The van der Waals surface area contributed by atoms with Crippen LogP contribution in [0.2, 0.25) is 0 Å². The topological polar surface area (TPSA) is 61.4 Å². The SMILES string of the molecule is CCCC(=O)NCC1CCCN(C(=O)C2CCNC2)C1. The van der Waals surface area contributed by atoms with E-state index in [4.69, 9.17) is 0 Å². The molecule has 0 saturated carbocycles. The molecule has 0 radical (unpaired) electrons. The van der Waals surface area contributed by atoms with E-state index in [0.717, 1.165) is 51.9 Å². The summed E-state index contributed by atoms with van der Waals surface area (Å²) in [5.74, 6) is 1.03. The molecule has 2 amide bonds. The van der Waals surface area contributed by atoms with E-state index in [1.807, 2.05) is 11.8 Å². The fourth-order valence-electron chi connectivity index (χ4n) is 3.13. The second-order valence-corrected chi connectivity index (χ2v) is 6.04. The minimum Gasteiger partial charge on any atom is -0.356 e. The standard InChI is InChI=1S/C15H27N3O2/c1-2-4-14(19)17-9-12-5-3-8-18(11-12)15(20)13-6-7-16-10-13/h12-13,16H,2-11H2,1H3,(H,17,19). The molecule has 2 aliphatic heterocycles. The van der Waals surface area contributed by atoms with E-state index in [1.54, 1.807) is 0 Å². The molecule has 0 aliphatic carbocycles. The predicted molar refractivity (Wildman–Crippen MR) is 78.2 cm³/mol. The largest absolute Gasteiger partial charge is 0.356 e. The van der Waals surface area contributed by atoms with E-state index in [1.165, 1.54) is 0 Å². The summed E-state index contributed by atoms with van der Waals surface area (Å²) < 4.78 is 0. The van der Waals surface area contributed by atoms with E-state index in [0.29, 0.717) is 24.8 Å². The van der Waals surface area contributed by atoms with Gasteiger partial charge in [-0.15, -0.1) is 0 Å². The molecule has 2 saturated heterocycles. The van der Waals surface area contributed by atoms with Crippen LogP contribution in [0.1, 0.15) is 39.0 Å². The first kappa shape index (κ1) is 15.3. The first-order valence-electron chi connectivity index (χ1n) is 7.97. The molecule has 0 aromatic heterocycles. The summed E-state index contributed by atoms with van der Waals surface area (Å²) in [6.45, 7) is 6.20. The number of nitrogens with one attached hydrogen (secondary N) is 2. The predicted octanol–water partition coefficient (Wildman–Crippen LogP) is 0.751. The van der Waals surface area contributed by atoms with Gasteiger partial charge in [-0.1, -0.05) is 6.92 Å². The van der Waals surface area contributed by atoms with Gasteiger partial charge >= 0.3 is 0 Å². The Kier molecular flexibility index (Phi) is 5.83. The molecule has 20 heavy (non-hydrogen) atoms. The summed E-state index contributed by atoms with van der Waals surface area (Å²) >= 11 is 0. The Morgan fingerprint density at radius 2 is 2.20 bits per heavy atom. The molecular formula is C15H27N3O2. The Morgan fingerprint density at radius 1 is 1.35 bits per heavy atom. The normalized spacial score (nSPS) is 26.6. The first-order chi connectivity index (χ1) is 9.70. The highest BCUT2D eigenvalue weighted by molar-refractivity contribution is 5.79. The van der Waals surface area contributed by atoms with Gasteiger partial charge in [-0.3, -0.25) is 9.59 Å². The van der Waals surface area contributed by atoms with Gasteiger partial charge in [0.15, 0.2) is 0 Å². The number of carbonyl (C=O) groups excluding carboxylic acids is 2. The number of likely N-dealkylation sites (tertiary alicyclic amines) is 1. The fraction of sp³-hybridized carbons (Fsp3) is 0.867. The van der Waals surface area contributed by atoms with Crippen LogP contribution in [-0.4, -0.2) is 49.4 Å². The molecule has 114 valence electrons. The average Bonchev–Trinajstić information content (AvgIpc) is 2.99. The lowest BCUT2D eigenvalue weighted by Gasteiger charge is -2.34. The van der Waals surface area contributed by atoms with Crippen LogP contribution >= 0.6 is 0 Å². The van der Waals surface area contributed by atoms with Gasteiger partial charge in [0.2, 0.25) is 11.8 Å². The number of carbonyl (C=O) groups is 2. The summed E-state index contributed by atoms with van der Waals surface area (Å²) in [7, 11) is 0. The van der Waals surface area contributed by atoms with E-state index >= 15 is 0 Å². The van der Waals surface area contributed by atoms with Crippen LogP contribution in [0.4, 0.5) is 0 Å².